The molecule has 5 heteroatoms. The Kier molecular flexibility index (Phi) is 3.05. The first-order valence-corrected chi connectivity index (χ1v) is 6.89. The van der Waals surface area contributed by atoms with Gasteiger partial charge < -0.3 is 9.67 Å². The maximum atomic E-state index is 12.3. The second kappa shape index (κ2) is 4.77. The van der Waals surface area contributed by atoms with Gasteiger partial charge >= 0.3 is 0 Å². The van der Waals surface area contributed by atoms with Crippen LogP contribution in [0.2, 0.25) is 0 Å². The Morgan fingerprint density at radius 2 is 2.00 bits per heavy atom. The number of rotatable bonds is 2. The van der Waals surface area contributed by atoms with Crippen LogP contribution in [0.4, 0.5) is 0 Å². The van der Waals surface area contributed by atoms with Gasteiger partial charge in [0.2, 0.25) is 0 Å². The van der Waals surface area contributed by atoms with Gasteiger partial charge in [0.15, 0.2) is 5.75 Å². The van der Waals surface area contributed by atoms with Crippen molar-refractivity contribution in [3.63, 3.8) is 0 Å². The lowest BCUT2D eigenvalue weighted by Crippen LogP contribution is -2.17. The first-order chi connectivity index (χ1) is 10.0. The van der Waals surface area contributed by atoms with Crippen molar-refractivity contribution in [2.24, 2.45) is 7.05 Å². The summed E-state index contributed by atoms with van der Waals surface area (Å²) in [7, 11) is 1.66. The number of aromatic hydroxyl groups is 1. The molecular formula is C16H17N3O2. The van der Waals surface area contributed by atoms with E-state index in [9.17, 15) is 9.90 Å². The monoisotopic (exact) mass is 283 g/mol. The number of nitrogens with zero attached hydrogens (tertiary/aromatic N) is 3. The molecule has 3 aromatic rings. The van der Waals surface area contributed by atoms with Crippen LogP contribution < -0.4 is 5.56 Å². The molecule has 3 rings (SSSR count). The third kappa shape index (κ3) is 1.93. The van der Waals surface area contributed by atoms with E-state index < -0.39 is 5.56 Å². The lowest BCUT2D eigenvalue weighted by Gasteiger charge is -2.11. The van der Waals surface area contributed by atoms with Gasteiger partial charge in [-0.1, -0.05) is 18.2 Å². The van der Waals surface area contributed by atoms with Crippen LogP contribution in [0.5, 0.6) is 5.75 Å². The highest BCUT2D eigenvalue weighted by Gasteiger charge is 2.19. The standard InChI is InChI=1S/C16H17N3O2/c1-4-19-9-12(10(2)17-19)14-11-7-5-6-8-13(11)18(3)16(21)15(14)20/h5-9,20H,4H2,1-3H3. The fraction of sp³-hybridized carbons (Fsp3) is 0.250. The van der Waals surface area contributed by atoms with E-state index >= 15 is 0 Å². The summed E-state index contributed by atoms with van der Waals surface area (Å²) in [6, 6.07) is 7.56. The number of hydrogen-bond acceptors (Lipinski definition) is 3. The van der Waals surface area contributed by atoms with Crippen molar-refractivity contribution in [2.75, 3.05) is 0 Å². The molecule has 2 aromatic heterocycles. The molecule has 0 saturated carbocycles. The molecule has 0 amide bonds. The molecule has 108 valence electrons. The van der Waals surface area contributed by atoms with Crippen LogP contribution in [0, 0.1) is 6.92 Å². The van der Waals surface area contributed by atoms with E-state index in [4.69, 9.17) is 0 Å². The molecule has 0 fully saturated rings. The summed E-state index contributed by atoms with van der Waals surface area (Å²) in [5.74, 6) is -0.227. The van der Waals surface area contributed by atoms with Gasteiger partial charge in [-0.15, -0.1) is 0 Å². The van der Waals surface area contributed by atoms with Gasteiger partial charge in [0.1, 0.15) is 0 Å². The van der Waals surface area contributed by atoms with Crippen LogP contribution in [0.15, 0.2) is 35.3 Å². The molecule has 1 N–H and O–H groups in total. The fourth-order valence-electron chi connectivity index (χ4n) is 2.68. The predicted molar refractivity (Wildman–Crippen MR) is 82.5 cm³/mol. The zero-order chi connectivity index (χ0) is 15.1. The first kappa shape index (κ1) is 13.4. The van der Waals surface area contributed by atoms with Crippen molar-refractivity contribution in [3.05, 3.63) is 46.5 Å². The molecule has 0 spiro atoms. The largest absolute Gasteiger partial charge is 0.503 e. The van der Waals surface area contributed by atoms with Crippen LogP contribution in [0.1, 0.15) is 12.6 Å². The van der Waals surface area contributed by atoms with Crippen molar-refractivity contribution in [3.8, 4) is 16.9 Å². The summed E-state index contributed by atoms with van der Waals surface area (Å²) in [6.07, 6.45) is 1.87. The van der Waals surface area contributed by atoms with E-state index in [1.807, 2.05) is 44.3 Å². The van der Waals surface area contributed by atoms with Gasteiger partial charge in [-0.2, -0.15) is 5.10 Å². The van der Waals surface area contributed by atoms with Crippen molar-refractivity contribution >= 4 is 10.9 Å². The highest BCUT2D eigenvalue weighted by Crippen LogP contribution is 2.35. The molecule has 21 heavy (non-hydrogen) atoms. The Bertz CT molecular complexity index is 890. The topological polar surface area (TPSA) is 60.1 Å². The zero-order valence-corrected chi connectivity index (χ0v) is 12.3. The number of aryl methyl sites for hydroxylation is 3. The molecule has 0 atom stereocenters. The third-order valence-electron chi connectivity index (χ3n) is 3.82. The molecule has 0 bridgehead atoms. The molecular weight excluding hydrogens is 266 g/mol. The van der Waals surface area contributed by atoms with Crippen LogP contribution in [-0.2, 0) is 13.6 Å². The molecule has 0 radical (unpaired) electrons. The van der Waals surface area contributed by atoms with E-state index in [0.29, 0.717) is 5.56 Å². The van der Waals surface area contributed by atoms with Crippen molar-refractivity contribution < 1.29 is 5.11 Å². The number of pyridine rings is 1. The maximum Gasteiger partial charge on any atom is 0.293 e. The average molecular weight is 283 g/mol. The summed E-state index contributed by atoms with van der Waals surface area (Å²) in [4.78, 5) is 12.3. The molecule has 0 aliphatic carbocycles. The van der Waals surface area contributed by atoms with E-state index in [1.54, 1.807) is 11.7 Å². The SMILES string of the molecule is CCn1cc(-c2c(O)c(=O)n(C)c3ccccc23)c(C)n1. The van der Waals surface area contributed by atoms with Crippen LogP contribution >= 0.6 is 0 Å². The summed E-state index contributed by atoms with van der Waals surface area (Å²) in [6.45, 7) is 4.62. The predicted octanol–water partition coefficient (Wildman–Crippen LogP) is 2.44. The van der Waals surface area contributed by atoms with E-state index in [1.165, 1.54) is 4.57 Å². The van der Waals surface area contributed by atoms with E-state index in [2.05, 4.69) is 5.10 Å². The minimum atomic E-state index is -0.396. The van der Waals surface area contributed by atoms with Gasteiger partial charge in [-0.3, -0.25) is 9.48 Å². The second-order valence-corrected chi connectivity index (χ2v) is 5.09. The van der Waals surface area contributed by atoms with Crippen LogP contribution in [-0.4, -0.2) is 19.5 Å². The molecule has 2 heterocycles. The van der Waals surface area contributed by atoms with Crippen molar-refractivity contribution in [2.45, 2.75) is 20.4 Å². The minimum absolute atomic E-state index is 0.227. The smallest absolute Gasteiger partial charge is 0.293 e. The number of aromatic nitrogens is 3. The second-order valence-electron chi connectivity index (χ2n) is 5.09. The molecule has 0 unspecified atom stereocenters. The summed E-state index contributed by atoms with van der Waals surface area (Å²) < 4.78 is 3.27. The van der Waals surface area contributed by atoms with Crippen LogP contribution in [0.25, 0.3) is 22.0 Å². The highest BCUT2D eigenvalue weighted by molar-refractivity contribution is 5.98. The Morgan fingerprint density at radius 1 is 1.29 bits per heavy atom. The molecule has 0 saturated heterocycles. The van der Waals surface area contributed by atoms with Gasteiger partial charge in [0.05, 0.1) is 11.2 Å². The number of benzene rings is 1. The summed E-state index contributed by atoms with van der Waals surface area (Å²) >= 11 is 0. The average Bonchev–Trinajstić information content (AvgIpc) is 2.86. The zero-order valence-electron chi connectivity index (χ0n) is 12.3. The number of fused-ring (bicyclic) bond motifs is 1. The molecule has 0 aliphatic rings. The fourth-order valence-corrected chi connectivity index (χ4v) is 2.68. The summed E-state index contributed by atoms with van der Waals surface area (Å²) in [5, 5.41) is 15.6. The van der Waals surface area contributed by atoms with E-state index in [-0.39, 0.29) is 5.75 Å². The Labute approximate surface area is 122 Å². The van der Waals surface area contributed by atoms with Gasteiger partial charge in [0, 0.05) is 36.3 Å². The number of para-hydroxylation sites is 1. The lowest BCUT2D eigenvalue weighted by molar-refractivity contribution is 0.465. The Balaban J connectivity index is 2.47. The Morgan fingerprint density at radius 3 is 2.67 bits per heavy atom. The highest BCUT2D eigenvalue weighted by atomic mass is 16.3. The van der Waals surface area contributed by atoms with Gasteiger partial charge in [-0.25, -0.2) is 0 Å². The van der Waals surface area contributed by atoms with Gasteiger partial charge in [0.25, 0.3) is 5.56 Å². The molecule has 1 aromatic carbocycles. The van der Waals surface area contributed by atoms with Crippen molar-refractivity contribution in [1.82, 2.24) is 14.3 Å². The third-order valence-corrected chi connectivity index (χ3v) is 3.82. The van der Waals surface area contributed by atoms with E-state index in [0.717, 1.165) is 28.7 Å². The maximum absolute atomic E-state index is 12.3. The van der Waals surface area contributed by atoms with Crippen molar-refractivity contribution in [1.29, 1.82) is 0 Å². The Hall–Kier alpha value is -2.56. The summed E-state index contributed by atoms with van der Waals surface area (Å²) in [5.41, 5.74) is 2.55. The first-order valence-electron chi connectivity index (χ1n) is 6.89. The lowest BCUT2D eigenvalue weighted by atomic mass is 10.0. The number of hydrogen-bond donors (Lipinski definition) is 1. The normalized spacial score (nSPS) is 11.2. The van der Waals surface area contributed by atoms with Crippen LogP contribution in [0.3, 0.4) is 0 Å². The quantitative estimate of drug-likeness (QED) is 0.785. The van der Waals surface area contributed by atoms with Gasteiger partial charge in [-0.05, 0) is 19.9 Å². The molecule has 0 aliphatic heterocycles. The minimum Gasteiger partial charge on any atom is -0.503 e. The molecule has 5 nitrogen and oxygen atoms in total.